The Bertz CT molecular complexity index is 497. The third-order valence-electron chi connectivity index (χ3n) is 4.96. The van der Waals surface area contributed by atoms with E-state index in [4.69, 9.17) is 5.73 Å². The Hall–Kier alpha value is -1.17. The molecular formula is C17H27ClN4O. The Morgan fingerprint density at radius 1 is 1.17 bits per heavy atom. The fourth-order valence-electron chi connectivity index (χ4n) is 3.57. The standard InChI is InChI=1S/C17H26N4O.ClH/c18-17(6-2-1-3-7-17)16(22)21-11-9-20(10-12-21)14-15-5-4-8-19-13-15;/h4-5,8,13H,1-3,6-7,9-12,14,18H2;1H. The quantitative estimate of drug-likeness (QED) is 0.913. The molecule has 128 valence electrons. The molecule has 1 aliphatic heterocycles. The molecule has 2 fully saturated rings. The van der Waals surface area contributed by atoms with Crippen molar-refractivity contribution in [3.05, 3.63) is 30.1 Å². The molecular weight excluding hydrogens is 312 g/mol. The van der Waals surface area contributed by atoms with Crippen molar-refractivity contribution in [3.63, 3.8) is 0 Å². The van der Waals surface area contributed by atoms with Gasteiger partial charge in [0.2, 0.25) is 5.91 Å². The summed E-state index contributed by atoms with van der Waals surface area (Å²) >= 11 is 0. The lowest BCUT2D eigenvalue weighted by Gasteiger charge is -2.41. The third-order valence-corrected chi connectivity index (χ3v) is 4.96. The molecule has 2 aliphatic rings. The Kier molecular flexibility index (Phi) is 6.39. The second kappa shape index (κ2) is 8.08. The molecule has 6 heteroatoms. The maximum atomic E-state index is 12.7. The molecule has 0 radical (unpaired) electrons. The lowest BCUT2D eigenvalue weighted by molar-refractivity contribution is -0.140. The number of aromatic nitrogens is 1. The van der Waals surface area contributed by atoms with Gasteiger partial charge in [0.15, 0.2) is 0 Å². The first-order valence-corrected chi connectivity index (χ1v) is 8.37. The number of piperazine rings is 1. The van der Waals surface area contributed by atoms with E-state index in [2.05, 4.69) is 16.0 Å². The highest BCUT2D eigenvalue weighted by Crippen LogP contribution is 2.28. The van der Waals surface area contributed by atoms with E-state index in [0.717, 1.165) is 58.4 Å². The number of carbonyl (C=O) groups excluding carboxylic acids is 1. The summed E-state index contributed by atoms with van der Waals surface area (Å²) in [7, 11) is 0. The molecule has 23 heavy (non-hydrogen) atoms. The summed E-state index contributed by atoms with van der Waals surface area (Å²) in [4.78, 5) is 21.2. The van der Waals surface area contributed by atoms with Crippen LogP contribution in [0.4, 0.5) is 0 Å². The van der Waals surface area contributed by atoms with Crippen LogP contribution >= 0.6 is 12.4 Å². The van der Waals surface area contributed by atoms with Gasteiger partial charge in [0.05, 0.1) is 5.54 Å². The van der Waals surface area contributed by atoms with Gasteiger partial charge in [-0.15, -0.1) is 12.4 Å². The molecule has 0 atom stereocenters. The zero-order valence-corrected chi connectivity index (χ0v) is 14.4. The molecule has 2 heterocycles. The second-order valence-corrected chi connectivity index (χ2v) is 6.65. The number of pyridine rings is 1. The largest absolute Gasteiger partial charge is 0.339 e. The predicted octanol–water partition coefficient (Wildman–Crippen LogP) is 1.81. The van der Waals surface area contributed by atoms with E-state index in [-0.39, 0.29) is 18.3 Å². The average Bonchev–Trinajstić information content (AvgIpc) is 2.56. The molecule has 1 saturated carbocycles. The number of nitrogens with zero attached hydrogens (tertiary/aromatic N) is 3. The second-order valence-electron chi connectivity index (χ2n) is 6.65. The molecule has 1 aliphatic carbocycles. The van der Waals surface area contributed by atoms with Gasteiger partial charge in [-0.05, 0) is 24.5 Å². The first-order chi connectivity index (χ1) is 10.7. The van der Waals surface area contributed by atoms with E-state index in [1.54, 1.807) is 6.20 Å². The number of halogens is 1. The van der Waals surface area contributed by atoms with Crippen molar-refractivity contribution in [1.82, 2.24) is 14.8 Å². The maximum Gasteiger partial charge on any atom is 0.242 e. The van der Waals surface area contributed by atoms with Gasteiger partial charge in [0, 0.05) is 45.1 Å². The van der Waals surface area contributed by atoms with Gasteiger partial charge in [-0.3, -0.25) is 14.7 Å². The molecule has 0 spiro atoms. The molecule has 0 bridgehead atoms. The lowest BCUT2D eigenvalue weighted by Crippen LogP contribution is -2.60. The minimum absolute atomic E-state index is 0. The van der Waals surface area contributed by atoms with E-state index in [1.165, 1.54) is 12.0 Å². The Morgan fingerprint density at radius 2 is 1.87 bits per heavy atom. The normalized spacial score (nSPS) is 21.5. The molecule has 0 unspecified atom stereocenters. The molecule has 5 nitrogen and oxygen atoms in total. The Balaban J connectivity index is 0.00000192. The summed E-state index contributed by atoms with van der Waals surface area (Å²) in [6.07, 6.45) is 8.79. The van der Waals surface area contributed by atoms with Gasteiger partial charge in [0.1, 0.15) is 0 Å². The lowest BCUT2D eigenvalue weighted by atomic mass is 9.81. The molecule has 3 rings (SSSR count). The topological polar surface area (TPSA) is 62.5 Å². The van der Waals surface area contributed by atoms with Crippen molar-refractivity contribution in [2.75, 3.05) is 26.2 Å². The highest BCUT2D eigenvalue weighted by molar-refractivity contribution is 5.86. The highest BCUT2D eigenvalue weighted by Gasteiger charge is 2.39. The van der Waals surface area contributed by atoms with Crippen molar-refractivity contribution in [2.45, 2.75) is 44.2 Å². The molecule has 2 N–H and O–H groups in total. The van der Waals surface area contributed by atoms with Gasteiger partial charge >= 0.3 is 0 Å². The van der Waals surface area contributed by atoms with Crippen LogP contribution in [0.25, 0.3) is 0 Å². The molecule has 1 aromatic heterocycles. The van der Waals surface area contributed by atoms with Crippen molar-refractivity contribution >= 4 is 18.3 Å². The van der Waals surface area contributed by atoms with Crippen molar-refractivity contribution in [2.24, 2.45) is 5.73 Å². The number of hydrogen-bond donors (Lipinski definition) is 1. The molecule has 0 aromatic carbocycles. The molecule has 1 amide bonds. The van der Waals surface area contributed by atoms with Crippen molar-refractivity contribution < 1.29 is 4.79 Å². The van der Waals surface area contributed by atoms with E-state index in [9.17, 15) is 4.79 Å². The van der Waals surface area contributed by atoms with E-state index in [0.29, 0.717) is 0 Å². The van der Waals surface area contributed by atoms with Crippen LogP contribution in [0.3, 0.4) is 0 Å². The van der Waals surface area contributed by atoms with Crippen molar-refractivity contribution in [1.29, 1.82) is 0 Å². The summed E-state index contributed by atoms with van der Waals surface area (Å²) in [5, 5.41) is 0. The summed E-state index contributed by atoms with van der Waals surface area (Å²) < 4.78 is 0. The number of hydrogen-bond acceptors (Lipinski definition) is 4. The smallest absolute Gasteiger partial charge is 0.242 e. The highest BCUT2D eigenvalue weighted by atomic mass is 35.5. The van der Waals surface area contributed by atoms with E-state index >= 15 is 0 Å². The van der Waals surface area contributed by atoms with Crippen LogP contribution in [0, 0.1) is 0 Å². The first-order valence-electron chi connectivity index (χ1n) is 8.37. The van der Waals surface area contributed by atoms with Gasteiger partial charge in [-0.25, -0.2) is 0 Å². The van der Waals surface area contributed by atoms with Gasteiger partial charge < -0.3 is 10.6 Å². The number of amides is 1. The zero-order chi connectivity index (χ0) is 15.4. The van der Waals surface area contributed by atoms with Crippen LogP contribution in [0.1, 0.15) is 37.7 Å². The van der Waals surface area contributed by atoms with Crippen LogP contribution in [-0.2, 0) is 11.3 Å². The van der Waals surface area contributed by atoms with Gasteiger partial charge in [-0.1, -0.05) is 25.3 Å². The summed E-state index contributed by atoms with van der Waals surface area (Å²) in [6, 6.07) is 4.07. The minimum Gasteiger partial charge on any atom is -0.339 e. The number of nitrogens with two attached hydrogens (primary N) is 1. The van der Waals surface area contributed by atoms with Crippen LogP contribution in [0.15, 0.2) is 24.5 Å². The van der Waals surface area contributed by atoms with Gasteiger partial charge in [0.25, 0.3) is 0 Å². The summed E-state index contributed by atoms with van der Waals surface area (Å²) in [5.74, 6) is 0.174. The molecule has 1 aromatic rings. The summed E-state index contributed by atoms with van der Waals surface area (Å²) in [6.45, 7) is 4.31. The molecule has 1 saturated heterocycles. The fraction of sp³-hybridized carbons (Fsp3) is 0.647. The predicted molar refractivity (Wildman–Crippen MR) is 93.3 cm³/mol. The zero-order valence-electron chi connectivity index (χ0n) is 13.6. The van der Waals surface area contributed by atoms with Crippen LogP contribution in [-0.4, -0.2) is 52.4 Å². The number of rotatable bonds is 3. The van der Waals surface area contributed by atoms with Gasteiger partial charge in [-0.2, -0.15) is 0 Å². The van der Waals surface area contributed by atoms with Crippen LogP contribution < -0.4 is 5.73 Å². The fourth-order valence-corrected chi connectivity index (χ4v) is 3.57. The van der Waals surface area contributed by atoms with Crippen molar-refractivity contribution in [3.8, 4) is 0 Å². The Labute approximate surface area is 144 Å². The Morgan fingerprint density at radius 3 is 2.48 bits per heavy atom. The third kappa shape index (κ3) is 4.43. The number of carbonyl (C=O) groups is 1. The van der Waals surface area contributed by atoms with E-state index < -0.39 is 5.54 Å². The maximum absolute atomic E-state index is 12.7. The summed E-state index contributed by atoms with van der Waals surface area (Å²) in [5.41, 5.74) is 7.01. The SMILES string of the molecule is Cl.NC1(C(=O)N2CCN(Cc3cccnc3)CC2)CCCCC1. The minimum atomic E-state index is -0.593. The monoisotopic (exact) mass is 338 g/mol. The first kappa shape index (κ1) is 18.2. The van der Waals surface area contributed by atoms with E-state index in [1.807, 2.05) is 17.2 Å². The van der Waals surface area contributed by atoms with Crippen LogP contribution in [0.5, 0.6) is 0 Å². The average molecular weight is 339 g/mol. The van der Waals surface area contributed by atoms with Crippen LogP contribution in [0.2, 0.25) is 0 Å².